The Balaban J connectivity index is 1.89. The Morgan fingerprint density at radius 2 is 2.11 bits per heavy atom. The van der Waals surface area contributed by atoms with Gasteiger partial charge in [-0.05, 0) is 25.8 Å². The van der Waals surface area contributed by atoms with Gasteiger partial charge in [0.05, 0.1) is 13.2 Å². The van der Waals surface area contributed by atoms with Gasteiger partial charge < -0.3 is 10.1 Å². The van der Waals surface area contributed by atoms with Gasteiger partial charge in [0.25, 0.3) is 0 Å². The van der Waals surface area contributed by atoms with Crippen molar-refractivity contribution in [2.45, 2.75) is 38.4 Å². The van der Waals surface area contributed by atoms with Crippen molar-refractivity contribution < 1.29 is 17.9 Å². The fourth-order valence-corrected chi connectivity index (χ4v) is 2.63. The van der Waals surface area contributed by atoms with E-state index >= 15 is 0 Å². The van der Waals surface area contributed by atoms with Crippen LogP contribution < -0.4 is 5.32 Å². The molecule has 2 rings (SSSR count). The second-order valence-corrected chi connectivity index (χ2v) is 5.88. The number of rotatable bonds is 7. The van der Waals surface area contributed by atoms with E-state index in [-0.39, 0.29) is 5.41 Å². The second-order valence-electron chi connectivity index (χ2n) is 5.88. The summed E-state index contributed by atoms with van der Waals surface area (Å²) in [6.07, 6.45) is -0.893. The quantitative estimate of drug-likeness (QED) is 0.772. The molecule has 1 atom stereocenters. The topological polar surface area (TPSA) is 24.5 Å². The molecule has 1 saturated carbocycles. The number of nitrogens with one attached hydrogen (secondary N) is 1. The highest BCUT2D eigenvalue weighted by atomic mass is 19.4. The van der Waals surface area contributed by atoms with Crippen molar-refractivity contribution in [1.82, 2.24) is 10.2 Å². The highest BCUT2D eigenvalue weighted by Gasteiger charge is 2.40. The summed E-state index contributed by atoms with van der Waals surface area (Å²) in [5.41, 5.74) is -0.149. The van der Waals surface area contributed by atoms with Crippen LogP contribution in [0.2, 0.25) is 0 Å². The maximum absolute atomic E-state index is 12.5. The predicted octanol–water partition coefficient (Wildman–Crippen LogP) is 2.03. The molecule has 0 radical (unpaired) electrons. The summed E-state index contributed by atoms with van der Waals surface area (Å²) in [5.74, 6) is 0. The molecule has 1 unspecified atom stereocenters. The highest BCUT2D eigenvalue weighted by Crippen LogP contribution is 2.31. The smallest absolute Gasteiger partial charge is 0.381 e. The Kier molecular flexibility index (Phi) is 4.74. The summed E-state index contributed by atoms with van der Waals surface area (Å²) in [6, 6.07) is 0.579. The fourth-order valence-electron chi connectivity index (χ4n) is 2.63. The zero-order valence-electron chi connectivity index (χ0n) is 11.4. The van der Waals surface area contributed by atoms with Crippen LogP contribution in [-0.2, 0) is 4.74 Å². The zero-order chi connectivity index (χ0) is 13.9. The maximum atomic E-state index is 12.5. The van der Waals surface area contributed by atoms with Crippen LogP contribution in [-0.4, -0.2) is 56.5 Å². The van der Waals surface area contributed by atoms with Crippen molar-refractivity contribution in [2.24, 2.45) is 5.41 Å². The molecule has 3 nitrogen and oxygen atoms in total. The minimum absolute atomic E-state index is 0.149. The number of halogens is 3. The van der Waals surface area contributed by atoms with Crippen LogP contribution in [0.25, 0.3) is 0 Å². The van der Waals surface area contributed by atoms with E-state index < -0.39 is 12.7 Å². The molecular formula is C13H23F3N2O. The van der Waals surface area contributed by atoms with Gasteiger partial charge >= 0.3 is 6.18 Å². The van der Waals surface area contributed by atoms with E-state index in [0.717, 1.165) is 13.0 Å². The third kappa shape index (κ3) is 4.93. The summed E-state index contributed by atoms with van der Waals surface area (Å²) < 4.78 is 43.0. The van der Waals surface area contributed by atoms with Crippen molar-refractivity contribution >= 4 is 0 Å². The third-order valence-corrected chi connectivity index (χ3v) is 3.94. The predicted molar refractivity (Wildman–Crippen MR) is 67.1 cm³/mol. The van der Waals surface area contributed by atoms with E-state index in [1.165, 1.54) is 17.7 Å². The molecule has 0 aromatic carbocycles. The summed E-state index contributed by atoms with van der Waals surface area (Å²) in [6.45, 7) is 3.84. The third-order valence-electron chi connectivity index (χ3n) is 3.94. The second kappa shape index (κ2) is 5.97. The van der Waals surface area contributed by atoms with Gasteiger partial charge in [-0.2, -0.15) is 13.2 Å². The number of hydrogen-bond acceptors (Lipinski definition) is 3. The first-order valence-electron chi connectivity index (χ1n) is 7.03. The molecular weight excluding hydrogens is 257 g/mol. The molecule has 0 bridgehead atoms. The molecule has 1 saturated heterocycles. The fraction of sp³-hybridized carbons (Fsp3) is 1.00. The molecule has 0 amide bonds. The molecule has 0 spiro atoms. The van der Waals surface area contributed by atoms with E-state index in [9.17, 15) is 13.2 Å². The van der Waals surface area contributed by atoms with Gasteiger partial charge in [-0.15, -0.1) is 0 Å². The van der Waals surface area contributed by atoms with E-state index in [2.05, 4.69) is 5.32 Å². The van der Waals surface area contributed by atoms with Crippen LogP contribution in [0.15, 0.2) is 0 Å². The van der Waals surface area contributed by atoms with Crippen molar-refractivity contribution in [3.8, 4) is 0 Å². The Morgan fingerprint density at radius 3 is 2.58 bits per heavy atom. The molecule has 1 aliphatic heterocycles. The lowest BCUT2D eigenvalue weighted by molar-refractivity contribution is -0.148. The van der Waals surface area contributed by atoms with Gasteiger partial charge in [0.15, 0.2) is 0 Å². The van der Waals surface area contributed by atoms with Crippen LogP contribution in [0, 0.1) is 5.41 Å². The number of hydrogen-bond donors (Lipinski definition) is 1. The SMILES string of the molecule is CCN(CC(F)(F)F)CC1(CNC2CC2)CCOC1. The Bertz CT molecular complexity index is 286. The summed E-state index contributed by atoms with van der Waals surface area (Å²) in [4.78, 5) is 1.49. The van der Waals surface area contributed by atoms with Gasteiger partial charge in [0, 0.05) is 31.2 Å². The van der Waals surface area contributed by atoms with Gasteiger partial charge in [-0.3, -0.25) is 4.90 Å². The number of ether oxygens (including phenoxy) is 1. The Labute approximate surface area is 112 Å². The van der Waals surface area contributed by atoms with Crippen molar-refractivity contribution in [3.63, 3.8) is 0 Å². The van der Waals surface area contributed by atoms with Crippen LogP contribution >= 0.6 is 0 Å². The van der Waals surface area contributed by atoms with Crippen LogP contribution in [0.4, 0.5) is 13.2 Å². The van der Waals surface area contributed by atoms with Gasteiger partial charge in [0.1, 0.15) is 0 Å². The monoisotopic (exact) mass is 280 g/mol. The molecule has 112 valence electrons. The van der Waals surface area contributed by atoms with E-state index in [1.54, 1.807) is 6.92 Å². The molecule has 1 aliphatic carbocycles. The van der Waals surface area contributed by atoms with Crippen molar-refractivity contribution in [3.05, 3.63) is 0 Å². The van der Waals surface area contributed by atoms with E-state index in [1.807, 2.05) is 0 Å². The molecule has 19 heavy (non-hydrogen) atoms. The molecule has 0 aromatic heterocycles. The standard InChI is InChI=1S/C13H23F3N2O/c1-2-18(9-13(14,15)16)8-12(5-6-19-10-12)7-17-11-3-4-11/h11,17H,2-10H2,1H3. The Morgan fingerprint density at radius 1 is 1.37 bits per heavy atom. The average Bonchev–Trinajstić information content (AvgIpc) is 3.05. The van der Waals surface area contributed by atoms with E-state index in [0.29, 0.717) is 32.3 Å². The largest absolute Gasteiger partial charge is 0.401 e. The van der Waals surface area contributed by atoms with Crippen molar-refractivity contribution in [1.29, 1.82) is 0 Å². The summed E-state index contributed by atoms with van der Waals surface area (Å²) in [7, 11) is 0. The Hall–Kier alpha value is -0.330. The minimum Gasteiger partial charge on any atom is -0.381 e. The molecule has 2 fully saturated rings. The average molecular weight is 280 g/mol. The molecule has 1 N–H and O–H groups in total. The number of alkyl halides is 3. The lowest BCUT2D eigenvalue weighted by Gasteiger charge is -2.34. The lowest BCUT2D eigenvalue weighted by Crippen LogP contribution is -2.47. The molecule has 1 heterocycles. The van der Waals surface area contributed by atoms with Gasteiger partial charge in [-0.1, -0.05) is 6.92 Å². The molecule has 2 aliphatic rings. The first kappa shape index (κ1) is 15.1. The van der Waals surface area contributed by atoms with Crippen LogP contribution in [0.3, 0.4) is 0 Å². The van der Waals surface area contributed by atoms with Crippen molar-refractivity contribution in [2.75, 3.05) is 39.4 Å². The van der Waals surface area contributed by atoms with Gasteiger partial charge in [0.2, 0.25) is 0 Å². The maximum Gasteiger partial charge on any atom is 0.401 e. The minimum atomic E-state index is -4.12. The molecule has 0 aromatic rings. The highest BCUT2D eigenvalue weighted by molar-refractivity contribution is 4.92. The molecule has 6 heteroatoms. The summed E-state index contributed by atoms with van der Waals surface area (Å²) in [5, 5.41) is 3.44. The van der Waals surface area contributed by atoms with Gasteiger partial charge in [-0.25, -0.2) is 0 Å². The zero-order valence-corrected chi connectivity index (χ0v) is 11.4. The first-order valence-corrected chi connectivity index (χ1v) is 7.03. The van der Waals surface area contributed by atoms with E-state index in [4.69, 9.17) is 4.74 Å². The lowest BCUT2D eigenvalue weighted by atomic mass is 9.86. The first-order chi connectivity index (χ1) is 8.92. The number of nitrogens with zero attached hydrogens (tertiary/aromatic N) is 1. The van der Waals surface area contributed by atoms with Crippen LogP contribution in [0.5, 0.6) is 0 Å². The summed E-state index contributed by atoms with van der Waals surface area (Å²) >= 11 is 0. The van der Waals surface area contributed by atoms with Crippen LogP contribution in [0.1, 0.15) is 26.2 Å². The normalized spacial score (nSPS) is 28.3.